The lowest BCUT2D eigenvalue weighted by Crippen LogP contribution is -2.07. The summed E-state index contributed by atoms with van der Waals surface area (Å²) in [6.07, 6.45) is 1.37. The number of nitrogens with one attached hydrogen (secondary N) is 1. The van der Waals surface area contributed by atoms with Crippen molar-refractivity contribution in [2.75, 3.05) is 18.2 Å². The molecule has 3 N–H and O–H groups in total. The Hall–Kier alpha value is -3.07. The van der Waals surface area contributed by atoms with Crippen LogP contribution in [0.5, 0.6) is 0 Å². The van der Waals surface area contributed by atoms with Crippen LogP contribution in [0.2, 0.25) is 0 Å². The minimum atomic E-state index is -0.539. The Balaban J connectivity index is 2.40. The van der Waals surface area contributed by atoms with E-state index in [0.717, 1.165) is 5.56 Å². The molecule has 0 fully saturated rings. The highest BCUT2D eigenvalue weighted by Crippen LogP contribution is 2.24. The first-order valence-corrected chi connectivity index (χ1v) is 6.17. The van der Waals surface area contributed by atoms with E-state index in [0.29, 0.717) is 17.1 Å². The number of esters is 1. The molecule has 106 valence electrons. The lowest BCUT2D eigenvalue weighted by atomic mass is 10.1. The van der Waals surface area contributed by atoms with Crippen LogP contribution in [-0.4, -0.2) is 18.1 Å². The number of aromatic nitrogens is 1. The smallest absolute Gasteiger partial charge is 0.340 e. The standard InChI is InChI=1S/C15H14N4O2/c1-9-4-3-5-13(11(9)7-16)19-14-6-10(15(20)21-2)12(17)8-18-14/h3-6,8H,17H2,1-2H3,(H,18,19). The van der Waals surface area contributed by atoms with E-state index in [2.05, 4.69) is 21.1 Å². The van der Waals surface area contributed by atoms with Gasteiger partial charge >= 0.3 is 5.97 Å². The average molecular weight is 282 g/mol. The highest BCUT2D eigenvalue weighted by molar-refractivity contribution is 5.95. The number of benzene rings is 1. The van der Waals surface area contributed by atoms with Gasteiger partial charge in [-0.3, -0.25) is 0 Å². The van der Waals surface area contributed by atoms with Gasteiger partial charge in [-0.1, -0.05) is 12.1 Å². The van der Waals surface area contributed by atoms with Crippen molar-refractivity contribution in [3.05, 3.63) is 47.2 Å². The molecule has 0 spiro atoms. The molecule has 0 saturated heterocycles. The van der Waals surface area contributed by atoms with E-state index in [-0.39, 0.29) is 11.3 Å². The van der Waals surface area contributed by atoms with Crippen LogP contribution in [0.1, 0.15) is 21.5 Å². The predicted molar refractivity (Wildman–Crippen MR) is 79.2 cm³/mol. The summed E-state index contributed by atoms with van der Waals surface area (Å²) in [6.45, 7) is 1.85. The highest BCUT2D eigenvalue weighted by Gasteiger charge is 2.13. The molecule has 0 saturated carbocycles. The fraction of sp³-hybridized carbons (Fsp3) is 0.133. The number of methoxy groups -OCH3 is 1. The van der Waals surface area contributed by atoms with Gasteiger partial charge in [-0.05, 0) is 24.6 Å². The molecule has 1 aromatic carbocycles. The second kappa shape index (κ2) is 5.92. The highest BCUT2D eigenvalue weighted by atomic mass is 16.5. The van der Waals surface area contributed by atoms with Crippen molar-refractivity contribution in [1.29, 1.82) is 5.26 Å². The molecule has 0 aliphatic heterocycles. The molecule has 0 bridgehead atoms. The van der Waals surface area contributed by atoms with Crippen molar-refractivity contribution >= 4 is 23.2 Å². The monoisotopic (exact) mass is 282 g/mol. The third kappa shape index (κ3) is 2.92. The number of anilines is 3. The van der Waals surface area contributed by atoms with Crippen molar-refractivity contribution in [3.8, 4) is 6.07 Å². The lowest BCUT2D eigenvalue weighted by Gasteiger charge is -2.11. The van der Waals surface area contributed by atoms with Crippen molar-refractivity contribution in [3.63, 3.8) is 0 Å². The largest absolute Gasteiger partial charge is 0.465 e. The Morgan fingerprint density at radius 3 is 2.90 bits per heavy atom. The Bertz CT molecular complexity index is 735. The van der Waals surface area contributed by atoms with Crippen LogP contribution in [0.15, 0.2) is 30.5 Å². The van der Waals surface area contributed by atoms with Gasteiger partial charge in [0.25, 0.3) is 0 Å². The summed E-state index contributed by atoms with van der Waals surface area (Å²) < 4.78 is 4.66. The Morgan fingerprint density at radius 2 is 2.24 bits per heavy atom. The Morgan fingerprint density at radius 1 is 1.48 bits per heavy atom. The number of rotatable bonds is 3. The number of ether oxygens (including phenoxy) is 1. The third-order valence-electron chi connectivity index (χ3n) is 2.99. The van der Waals surface area contributed by atoms with Crippen LogP contribution in [0.3, 0.4) is 0 Å². The van der Waals surface area contributed by atoms with Crippen LogP contribution < -0.4 is 11.1 Å². The molecule has 0 atom stereocenters. The molecule has 0 amide bonds. The summed E-state index contributed by atoms with van der Waals surface area (Å²) in [5.74, 6) is -0.130. The molecule has 1 heterocycles. The first-order valence-electron chi connectivity index (χ1n) is 6.17. The van der Waals surface area contributed by atoms with Crippen LogP contribution in [0, 0.1) is 18.3 Å². The molecular weight excluding hydrogens is 268 g/mol. The third-order valence-corrected chi connectivity index (χ3v) is 2.99. The number of hydrogen-bond donors (Lipinski definition) is 2. The van der Waals surface area contributed by atoms with E-state index in [1.807, 2.05) is 19.1 Å². The average Bonchev–Trinajstić information content (AvgIpc) is 2.48. The number of pyridine rings is 1. The number of carbonyl (C=O) groups is 1. The van der Waals surface area contributed by atoms with Gasteiger partial charge in [0.2, 0.25) is 0 Å². The fourth-order valence-electron chi connectivity index (χ4n) is 1.88. The van der Waals surface area contributed by atoms with E-state index < -0.39 is 5.97 Å². The van der Waals surface area contributed by atoms with E-state index in [4.69, 9.17) is 5.73 Å². The number of carbonyl (C=O) groups excluding carboxylic acids is 1. The molecule has 2 rings (SSSR count). The molecule has 21 heavy (non-hydrogen) atoms. The maximum Gasteiger partial charge on any atom is 0.340 e. The molecule has 0 radical (unpaired) electrons. The van der Waals surface area contributed by atoms with Crippen molar-refractivity contribution < 1.29 is 9.53 Å². The Kier molecular flexibility index (Phi) is 4.05. The van der Waals surface area contributed by atoms with E-state index in [1.165, 1.54) is 19.4 Å². The topological polar surface area (TPSA) is 101 Å². The van der Waals surface area contributed by atoms with Crippen molar-refractivity contribution in [2.24, 2.45) is 0 Å². The number of nitriles is 1. The fourth-order valence-corrected chi connectivity index (χ4v) is 1.88. The van der Waals surface area contributed by atoms with E-state index >= 15 is 0 Å². The molecule has 0 aliphatic carbocycles. The number of nitrogens with zero attached hydrogens (tertiary/aromatic N) is 2. The number of hydrogen-bond acceptors (Lipinski definition) is 6. The molecular formula is C15H14N4O2. The zero-order valence-corrected chi connectivity index (χ0v) is 11.7. The summed E-state index contributed by atoms with van der Waals surface area (Å²) in [7, 11) is 1.28. The zero-order valence-electron chi connectivity index (χ0n) is 11.7. The van der Waals surface area contributed by atoms with Crippen molar-refractivity contribution in [1.82, 2.24) is 4.98 Å². The van der Waals surface area contributed by atoms with Crippen LogP contribution in [0.4, 0.5) is 17.2 Å². The summed E-state index contributed by atoms with van der Waals surface area (Å²) >= 11 is 0. The lowest BCUT2D eigenvalue weighted by molar-refractivity contribution is 0.0602. The van der Waals surface area contributed by atoms with Gasteiger partial charge in [0.05, 0.1) is 35.8 Å². The molecule has 0 aliphatic rings. The van der Waals surface area contributed by atoms with Crippen LogP contribution in [0.25, 0.3) is 0 Å². The summed E-state index contributed by atoms with van der Waals surface area (Å²) in [5.41, 5.74) is 8.15. The van der Waals surface area contributed by atoms with Crippen LogP contribution >= 0.6 is 0 Å². The van der Waals surface area contributed by atoms with Crippen molar-refractivity contribution in [2.45, 2.75) is 6.92 Å². The SMILES string of the molecule is COC(=O)c1cc(Nc2cccc(C)c2C#N)ncc1N. The van der Waals surface area contributed by atoms with Gasteiger partial charge in [-0.15, -0.1) is 0 Å². The summed E-state index contributed by atoms with van der Waals surface area (Å²) in [4.78, 5) is 15.7. The van der Waals surface area contributed by atoms with Gasteiger partial charge < -0.3 is 15.8 Å². The molecule has 2 aromatic rings. The molecule has 0 unspecified atom stereocenters. The van der Waals surface area contributed by atoms with Gasteiger partial charge in [-0.2, -0.15) is 5.26 Å². The van der Waals surface area contributed by atoms with E-state index in [1.54, 1.807) is 6.07 Å². The minimum Gasteiger partial charge on any atom is -0.465 e. The maximum absolute atomic E-state index is 11.6. The zero-order chi connectivity index (χ0) is 15.4. The number of nitrogens with two attached hydrogens (primary N) is 1. The number of aryl methyl sites for hydroxylation is 1. The summed E-state index contributed by atoms with van der Waals surface area (Å²) in [5, 5.41) is 12.2. The normalized spacial score (nSPS) is 9.76. The van der Waals surface area contributed by atoms with Gasteiger partial charge in [0.1, 0.15) is 11.9 Å². The van der Waals surface area contributed by atoms with Gasteiger partial charge in [0, 0.05) is 0 Å². The van der Waals surface area contributed by atoms with Gasteiger partial charge in [-0.25, -0.2) is 9.78 Å². The second-order valence-electron chi connectivity index (χ2n) is 4.38. The first kappa shape index (κ1) is 14.3. The van der Waals surface area contributed by atoms with Crippen LogP contribution in [-0.2, 0) is 4.74 Å². The minimum absolute atomic E-state index is 0.223. The predicted octanol–water partition coefficient (Wildman–Crippen LogP) is 2.37. The molecule has 6 nitrogen and oxygen atoms in total. The first-order chi connectivity index (χ1) is 10.1. The van der Waals surface area contributed by atoms with E-state index in [9.17, 15) is 10.1 Å². The maximum atomic E-state index is 11.6. The quantitative estimate of drug-likeness (QED) is 0.838. The number of nitrogen functional groups attached to an aromatic ring is 1. The second-order valence-corrected chi connectivity index (χ2v) is 4.38. The van der Waals surface area contributed by atoms with Gasteiger partial charge in [0.15, 0.2) is 0 Å². The molecule has 1 aromatic heterocycles. The Labute approximate surface area is 122 Å². The summed E-state index contributed by atoms with van der Waals surface area (Å²) in [6, 6.07) is 9.07. The molecule has 6 heteroatoms.